The molecule has 24 heavy (non-hydrogen) atoms. The van der Waals surface area contributed by atoms with Crippen LogP contribution in [0, 0.1) is 19.8 Å². The van der Waals surface area contributed by atoms with E-state index >= 15 is 0 Å². The molecule has 0 spiro atoms. The average Bonchev–Trinajstić information content (AvgIpc) is 2.54. The van der Waals surface area contributed by atoms with Crippen LogP contribution < -0.4 is 4.74 Å². The maximum absolute atomic E-state index is 12.3. The Bertz CT molecular complexity index is 519. The molecule has 134 valence electrons. The first-order chi connectivity index (χ1) is 11.5. The zero-order valence-corrected chi connectivity index (χ0v) is 15.1. The molecule has 1 aromatic carbocycles. The van der Waals surface area contributed by atoms with Gasteiger partial charge in [-0.1, -0.05) is 6.07 Å². The van der Waals surface area contributed by atoms with Crippen molar-refractivity contribution in [2.24, 2.45) is 5.92 Å². The summed E-state index contributed by atoms with van der Waals surface area (Å²) in [5, 5.41) is 9.17. The minimum atomic E-state index is 0.126. The van der Waals surface area contributed by atoms with E-state index in [9.17, 15) is 4.79 Å². The van der Waals surface area contributed by atoms with E-state index in [1.54, 1.807) is 4.90 Å². The smallest absolute Gasteiger partial charge is 0.236 e. The molecule has 1 saturated heterocycles. The van der Waals surface area contributed by atoms with Gasteiger partial charge in [0.25, 0.3) is 0 Å². The molecule has 0 aliphatic carbocycles. The van der Waals surface area contributed by atoms with E-state index in [2.05, 4.69) is 24.8 Å². The average molecular weight is 334 g/mol. The van der Waals surface area contributed by atoms with Crippen molar-refractivity contribution in [2.75, 3.05) is 46.4 Å². The number of hydrogen-bond acceptors (Lipinski definition) is 4. The molecule has 0 saturated carbocycles. The first kappa shape index (κ1) is 18.7. The number of carbonyl (C=O) groups is 1. The van der Waals surface area contributed by atoms with Crippen LogP contribution in [0.15, 0.2) is 18.2 Å². The van der Waals surface area contributed by atoms with Crippen molar-refractivity contribution in [1.82, 2.24) is 9.80 Å². The summed E-state index contributed by atoms with van der Waals surface area (Å²) in [4.78, 5) is 16.2. The van der Waals surface area contributed by atoms with Crippen LogP contribution >= 0.6 is 0 Å². The number of rotatable bonds is 7. The summed E-state index contributed by atoms with van der Waals surface area (Å²) in [7, 11) is 1.83. The Morgan fingerprint density at radius 2 is 1.88 bits per heavy atom. The molecule has 1 heterocycles. The van der Waals surface area contributed by atoms with Crippen LogP contribution in [-0.2, 0) is 4.79 Å². The normalized spacial score (nSPS) is 16.2. The van der Waals surface area contributed by atoms with Gasteiger partial charge in [-0.3, -0.25) is 9.69 Å². The number of aliphatic hydroxyl groups excluding tert-OH is 1. The second-order valence-corrected chi connectivity index (χ2v) is 6.89. The predicted molar refractivity (Wildman–Crippen MR) is 95.3 cm³/mol. The van der Waals surface area contributed by atoms with Gasteiger partial charge >= 0.3 is 0 Å². The highest BCUT2D eigenvalue weighted by Gasteiger charge is 2.21. The number of amides is 1. The second-order valence-electron chi connectivity index (χ2n) is 6.89. The summed E-state index contributed by atoms with van der Waals surface area (Å²) < 4.78 is 5.77. The van der Waals surface area contributed by atoms with Crippen molar-refractivity contribution in [3.63, 3.8) is 0 Å². The number of ether oxygens (including phenoxy) is 1. The number of likely N-dealkylation sites (tertiary alicyclic amines) is 1. The zero-order valence-electron chi connectivity index (χ0n) is 15.1. The lowest BCUT2D eigenvalue weighted by Gasteiger charge is -2.31. The van der Waals surface area contributed by atoms with Crippen LogP contribution in [0.3, 0.4) is 0 Å². The van der Waals surface area contributed by atoms with Gasteiger partial charge in [0, 0.05) is 13.7 Å². The summed E-state index contributed by atoms with van der Waals surface area (Å²) >= 11 is 0. The fourth-order valence-corrected chi connectivity index (χ4v) is 3.08. The zero-order chi connectivity index (χ0) is 17.5. The van der Waals surface area contributed by atoms with Crippen molar-refractivity contribution in [1.29, 1.82) is 0 Å². The minimum Gasteiger partial charge on any atom is -0.492 e. The molecule has 2 rings (SSSR count). The van der Waals surface area contributed by atoms with E-state index in [1.165, 1.54) is 11.1 Å². The quantitative estimate of drug-likeness (QED) is 0.827. The molecule has 1 amide bonds. The van der Waals surface area contributed by atoms with Gasteiger partial charge in [0.2, 0.25) is 5.91 Å². The molecule has 0 unspecified atom stereocenters. The SMILES string of the molecule is Cc1cc(C)cc(OCCN(C)C(=O)CN2CCC(CO)CC2)c1. The van der Waals surface area contributed by atoms with Gasteiger partial charge in [-0.2, -0.15) is 0 Å². The van der Waals surface area contributed by atoms with Gasteiger partial charge in [-0.05, 0) is 69.0 Å². The van der Waals surface area contributed by atoms with Crippen LogP contribution in [0.5, 0.6) is 5.75 Å². The van der Waals surface area contributed by atoms with Gasteiger partial charge < -0.3 is 14.7 Å². The van der Waals surface area contributed by atoms with Gasteiger partial charge in [-0.25, -0.2) is 0 Å². The lowest BCUT2D eigenvalue weighted by atomic mass is 9.98. The summed E-state index contributed by atoms with van der Waals surface area (Å²) in [6.07, 6.45) is 1.95. The van der Waals surface area contributed by atoms with Crippen molar-refractivity contribution in [2.45, 2.75) is 26.7 Å². The third-order valence-electron chi connectivity index (χ3n) is 4.64. The molecule has 0 bridgehead atoms. The molecule has 0 aromatic heterocycles. The molecular weight excluding hydrogens is 304 g/mol. The fourth-order valence-electron chi connectivity index (χ4n) is 3.08. The van der Waals surface area contributed by atoms with Crippen molar-refractivity contribution < 1.29 is 14.6 Å². The van der Waals surface area contributed by atoms with Gasteiger partial charge in [0.1, 0.15) is 12.4 Å². The Balaban J connectivity index is 1.70. The Labute approximate surface area is 145 Å². The van der Waals surface area contributed by atoms with Crippen LogP contribution in [0.4, 0.5) is 0 Å². The summed E-state index contributed by atoms with van der Waals surface area (Å²) in [5.41, 5.74) is 2.36. The Morgan fingerprint density at radius 3 is 2.46 bits per heavy atom. The lowest BCUT2D eigenvalue weighted by Crippen LogP contribution is -2.43. The highest BCUT2D eigenvalue weighted by atomic mass is 16.5. The van der Waals surface area contributed by atoms with Crippen LogP contribution in [0.1, 0.15) is 24.0 Å². The number of benzene rings is 1. The van der Waals surface area contributed by atoms with E-state index in [0.717, 1.165) is 31.7 Å². The molecule has 5 heteroatoms. The van der Waals surface area contributed by atoms with Gasteiger partial charge in [0.15, 0.2) is 0 Å². The third kappa shape index (κ3) is 5.80. The fraction of sp³-hybridized carbons (Fsp3) is 0.632. The minimum absolute atomic E-state index is 0.126. The molecule has 0 radical (unpaired) electrons. The summed E-state index contributed by atoms with van der Waals surface area (Å²) in [6.45, 7) is 7.69. The molecular formula is C19H30N2O3. The predicted octanol–water partition coefficient (Wildman–Crippen LogP) is 1.84. The maximum Gasteiger partial charge on any atom is 0.236 e. The molecule has 1 aliphatic heterocycles. The topological polar surface area (TPSA) is 53.0 Å². The monoisotopic (exact) mass is 334 g/mol. The molecule has 1 N–H and O–H groups in total. The van der Waals surface area contributed by atoms with Gasteiger partial charge in [0.05, 0.1) is 13.1 Å². The first-order valence-corrected chi connectivity index (χ1v) is 8.76. The lowest BCUT2D eigenvalue weighted by molar-refractivity contribution is -0.131. The van der Waals surface area contributed by atoms with E-state index in [0.29, 0.717) is 25.6 Å². The number of piperidine rings is 1. The highest BCUT2D eigenvalue weighted by molar-refractivity contribution is 5.78. The number of aryl methyl sites for hydroxylation is 2. The van der Waals surface area contributed by atoms with Gasteiger partial charge in [-0.15, -0.1) is 0 Å². The number of likely N-dealkylation sites (N-methyl/N-ethyl adjacent to an activating group) is 1. The number of carbonyl (C=O) groups excluding carboxylic acids is 1. The van der Waals surface area contributed by atoms with E-state index in [1.807, 2.05) is 19.2 Å². The highest BCUT2D eigenvalue weighted by Crippen LogP contribution is 2.17. The van der Waals surface area contributed by atoms with Crippen molar-refractivity contribution in [3.05, 3.63) is 29.3 Å². The Hall–Kier alpha value is -1.59. The first-order valence-electron chi connectivity index (χ1n) is 8.76. The standard InChI is InChI=1S/C19H30N2O3/c1-15-10-16(2)12-18(11-15)24-9-8-20(3)19(23)13-21-6-4-17(14-22)5-7-21/h10-12,17,22H,4-9,13-14H2,1-3H3. The summed E-state index contributed by atoms with van der Waals surface area (Å²) in [6, 6.07) is 6.14. The summed E-state index contributed by atoms with van der Waals surface area (Å²) in [5.74, 6) is 1.39. The van der Waals surface area contributed by atoms with Crippen LogP contribution in [0.25, 0.3) is 0 Å². The Morgan fingerprint density at radius 1 is 1.25 bits per heavy atom. The third-order valence-corrected chi connectivity index (χ3v) is 4.64. The van der Waals surface area contributed by atoms with Crippen molar-refractivity contribution in [3.8, 4) is 5.75 Å². The molecule has 1 aliphatic rings. The van der Waals surface area contributed by atoms with E-state index in [-0.39, 0.29) is 12.5 Å². The molecule has 1 fully saturated rings. The number of aliphatic hydroxyl groups is 1. The van der Waals surface area contributed by atoms with Crippen LogP contribution in [-0.4, -0.2) is 67.3 Å². The largest absolute Gasteiger partial charge is 0.492 e. The Kier molecular flexibility index (Phi) is 7.06. The number of hydrogen-bond donors (Lipinski definition) is 1. The molecule has 1 aromatic rings. The van der Waals surface area contributed by atoms with Crippen molar-refractivity contribution >= 4 is 5.91 Å². The maximum atomic E-state index is 12.3. The molecule has 5 nitrogen and oxygen atoms in total. The van der Waals surface area contributed by atoms with E-state index in [4.69, 9.17) is 9.84 Å². The molecule has 0 atom stereocenters. The second kappa shape index (κ2) is 9.04. The van der Waals surface area contributed by atoms with E-state index < -0.39 is 0 Å². The van der Waals surface area contributed by atoms with Crippen LogP contribution in [0.2, 0.25) is 0 Å². The number of nitrogens with zero attached hydrogens (tertiary/aromatic N) is 2.